The Balaban J connectivity index is 1.56. The summed E-state index contributed by atoms with van der Waals surface area (Å²) in [5.41, 5.74) is 3.59. The number of rotatable bonds is 2. The van der Waals surface area contributed by atoms with Crippen LogP contribution in [-0.4, -0.2) is 52.7 Å². The highest BCUT2D eigenvalue weighted by Crippen LogP contribution is 2.33. The molecule has 8 nitrogen and oxygen atoms in total. The molecule has 1 aromatic heterocycles. The fourth-order valence-electron chi connectivity index (χ4n) is 4.01. The first-order valence-corrected chi connectivity index (χ1v) is 10.5. The quantitative estimate of drug-likeness (QED) is 0.798. The van der Waals surface area contributed by atoms with E-state index >= 15 is 0 Å². The summed E-state index contributed by atoms with van der Waals surface area (Å²) < 4.78 is 7.52. The molecule has 4 rings (SSSR count). The largest absolute Gasteiger partial charge is 0.444 e. The number of anilines is 1. The Kier molecular flexibility index (Phi) is 5.24. The molecule has 31 heavy (non-hydrogen) atoms. The molecule has 2 aliphatic heterocycles. The molecule has 0 saturated carbocycles. The van der Waals surface area contributed by atoms with E-state index in [1.807, 2.05) is 50.6 Å². The molecule has 3 heterocycles. The Hall–Kier alpha value is -3.29. The van der Waals surface area contributed by atoms with E-state index in [-0.39, 0.29) is 18.0 Å². The highest BCUT2D eigenvalue weighted by molar-refractivity contribution is 6.06. The van der Waals surface area contributed by atoms with Gasteiger partial charge in [0.25, 0.3) is 0 Å². The van der Waals surface area contributed by atoms with Crippen molar-refractivity contribution in [3.8, 4) is 0 Å². The third-order valence-corrected chi connectivity index (χ3v) is 5.55. The molecule has 0 radical (unpaired) electrons. The second-order valence-corrected chi connectivity index (χ2v) is 9.02. The van der Waals surface area contributed by atoms with Crippen LogP contribution >= 0.6 is 0 Å². The molecular formula is C23H28N4O4. The summed E-state index contributed by atoms with van der Waals surface area (Å²) in [5.74, 6) is -0.242. The van der Waals surface area contributed by atoms with E-state index in [0.29, 0.717) is 26.1 Å². The Morgan fingerprint density at radius 1 is 1.13 bits per heavy atom. The smallest absolute Gasteiger partial charge is 0.410 e. The Labute approximate surface area is 181 Å². The average Bonchev–Trinajstić information content (AvgIpc) is 3.03. The molecule has 0 unspecified atom stereocenters. The second-order valence-electron chi connectivity index (χ2n) is 9.02. The van der Waals surface area contributed by atoms with Crippen LogP contribution in [0.2, 0.25) is 0 Å². The lowest BCUT2D eigenvalue weighted by molar-refractivity contribution is -0.120. The lowest BCUT2D eigenvalue weighted by atomic mass is 9.99. The van der Waals surface area contributed by atoms with Crippen LogP contribution < -0.4 is 10.2 Å². The molecule has 1 saturated heterocycles. The van der Waals surface area contributed by atoms with Gasteiger partial charge < -0.3 is 14.2 Å². The summed E-state index contributed by atoms with van der Waals surface area (Å²) in [6.07, 6.45) is 4.92. The van der Waals surface area contributed by atoms with Crippen molar-refractivity contribution in [1.29, 1.82) is 0 Å². The van der Waals surface area contributed by atoms with Gasteiger partial charge in [0.2, 0.25) is 5.91 Å². The zero-order chi connectivity index (χ0) is 22.3. The molecule has 0 spiro atoms. The number of fused-ring (bicyclic) bond motifs is 1. The number of aromatic nitrogens is 1. The van der Waals surface area contributed by atoms with E-state index < -0.39 is 5.60 Å². The number of amides is 4. The first kappa shape index (κ1) is 21.0. The van der Waals surface area contributed by atoms with E-state index in [4.69, 9.17) is 4.74 Å². The van der Waals surface area contributed by atoms with Gasteiger partial charge in [-0.2, -0.15) is 0 Å². The lowest BCUT2D eigenvalue weighted by Gasteiger charge is -2.29. The van der Waals surface area contributed by atoms with E-state index in [2.05, 4.69) is 17.6 Å². The zero-order valence-electron chi connectivity index (χ0n) is 18.4. The number of ether oxygens (including phenoxy) is 1. The number of nitrogens with zero attached hydrogens (tertiary/aromatic N) is 3. The van der Waals surface area contributed by atoms with Gasteiger partial charge in [-0.3, -0.25) is 15.0 Å². The topological polar surface area (TPSA) is 83.9 Å². The molecule has 0 aliphatic carbocycles. The maximum atomic E-state index is 12.3. The van der Waals surface area contributed by atoms with Crippen molar-refractivity contribution in [2.24, 2.45) is 7.05 Å². The van der Waals surface area contributed by atoms with Crippen molar-refractivity contribution in [3.05, 3.63) is 36.0 Å². The molecule has 4 amide bonds. The van der Waals surface area contributed by atoms with Crippen molar-refractivity contribution >= 4 is 40.2 Å². The minimum absolute atomic E-state index is 0.242. The molecule has 8 heteroatoms. The SMILES string of the molecule is Cn1cc(C2=CCN(C(=O)OC(C)(C)C)CC2)c2ccc(N3CCC(=O)NC3=O)cc21. The Bertz CT molecular complexity index is 1090. The predicted molar refractivity (Wildman–Crippen MR) is 119 cm³/mol. The van der Waals surface area contributed by atoms with Crippen LogP contribution in [0.1, 0.15) is 39.2 Å². The van der Waals surface area contributed by atoms with Gasteiger partial charge >= 0.3 is 12.1 Å². The number of carbonyl (C=O) groups is 3. The first-order valence-electron chi connectivity index (χ1n) is 10.5. The number of carbonyl (C=O) groups excluding carboxylic acids is 3. The van der Waals surface area contributed by atoms with Gasteiger partial charge in [-0.05, 0) is 44.9 Å². The first-order chi connectivity index (χ1) is 14.6. The summed E-state index contributed by atoms with van der Waals surface area (Å²) in [5, 5.41) is 3.46. The van der Waals surface area contributed by atoms with Gasteiger partial charge in [0.1, 0.15) is 5.60 Å². The van der Waals surface area contributed by atoms with E-state index in [1.165, 1.54) is 5.57 Å². The number of aryl methyl sites for hydroxylation is 1. The second kappa shape index (κ2) is 7.76. The lowest BCUT2D eigenvalue weighted by Crippen LogP contribution is -2.49. The van der Waals surface area contributed by atoms with Crippen molar-refractivity contribution in [2.75, 3.05) is 24.5 Å². The van der Waals surface area contributed by atoms with E-state index in [9.17, 15) is 14.4 Å². The molecule has 1 fully saturated rings. The predicted octanol–water partition coefficient (Wildman–Crippen LogP) is 3.65. The number of hydrogen-bond donors (Lipinski definition) is 1. The number of nitrogens with one attached hydrogen (secondary N) is 1. The van der Waals surface area contributed by atoms with Crippen molar-refractivity contribution in [3.63, 3.8) is 0 Å². The number of imide groups is 1. The van der Waals surface area contributed by atoms with Crippen LogP contribution in [-0.2, 0) is 16.6 Å². The summed E-state index contributed by atoms with van der Waals surface area (Å²) in [4.78, 5) is 39.2. The normalized spacial score (nSPS) is 17.6. The van der Waals surface area contributed by atoms with Gasteiger partial charge in [0.15, 0.2) is 0 Å². The van der Waals surface area contributed by atoms with E-state index in [0.717, 1.165) is 28.6 Å². The number of hydrogen-bond acceptors (Lipinski definition) is 4. The maximum Gasteiger partial charge on any atom is 0.410 e. The van der Waals surface area contributed by atoms with Crippen LogP contribution in [0, 0.1) is 0 Å². The molecule has 0 bridgehead atoms. The minimum atomic E-state index is -0.507. The third-order valence-electron chi connectivity index (χ3n) is 5.55. The number of benzene rings is 1. The molecular weight excluding hydrogens is 396 g/mol. The van der Waals surface area contributed by atoms with Crippen LogP contribution in [0.25, 0.3) is 16.5 Å². The van der Waals surface area contributed by atoms with Gasteiger partial charge in [0, 0.05) is 55.9 Å². The standard InChI is InChI=1S/C23H28N4O4/c1-23(2,3)31-22(30)26-10-7-15(8-11-26)18-14-25(4)19-13-16(5-6-17(18)19)27-12-9-20(28)24-21(27)29/h5-7,13-14H,8-12H2,1-4H3,(H,24,28,29). The van der Waals surface area contributed by atoms with Crippen LogP contribution in [0.5, 0.6) is 0 Å². The van der Waals surface area contributed by atoms with Crippen molar-refractivity contribution in [1.82, 2.24) is 14.8 Å². The zero-order valence-corrected chi connectivity index (χ0v) is 18.4. The Morgan fingerprint density at radius 3 is 2.55 bits per heavy atom. The van der Waals surface area contributed by atoms with Gasteiger partial charge in [-0.25, -0.2) is 9.59 Å². The van der Waals surface area contributed by atoms with Gasteiger partial charge in [0.05, 0.1) is 5.52 Å². The highest BCUT2D eigenvalue weighted by Gasteiger charge is 2.26. The van der Waals surface area contributed by atoms with Crippen molar-refractivity contribution in [2.45, 2.75) is 39.2 Å². The molecule has 1 aromatic carbocycles. The molecule has 2 aliphatic rings. The highest BCUT2D eigenvalue weighted by atomic mass is 16.6. The fourth-order valence-corrected chi connectivity index (χ4v) is 4.01. The van der Waals surface area contributed by atoms with Crippen molar-refractivity contribution < 1.29 is 19.1 Å². The summed E-state index contributed by atoms with van der Waals surface area (Å²) in [7, 11) is 1.98. The van der Waals surface area contributed by atoms with Crippen LogP contribution in [0.15, 0.2) is 30.5 Å². The van der Waals surface area contributed by atoms with Gasteiger partial charge in [-0.15, -0.1) is 0 Å². The average molecular weight is 425 g/mol. The molecule has 164 valence electrons. The summed E-state index contributed by atoms with van der Waals surface area (Å²) in [6.45, 7) is 7.10. The van der Waals surface area contributed by atoms with Crippen LogP contribution in [0.4, 0.5) is 15.3 Å². The minimum Gasteiger partial charge on any atom is -0.444 e. The summed E-state index contributed by atoms with van der Waals surface area (Å²) in [6, 6.07) is 5.52. The van der Waals surface area contributed by atoms with Crippen LogP contribution in [0.3, 0.4) is 0 Å². The molecule has 0 atom stereocenters. The van der Waals surface area contributed by atoms with E-state index in [1.54, 1.807) is 9.80 Å². The monoisotopic (exact) mass is 424 g/mol. The third kappa shape index (κ3) is 4.28. The maximum absolute atomic E-state index is 12.3. The molecule has 1 N–H and O–H groups in total. The summed E-state index contributed by atoms with van der Waals surface area (Å²) >= 11 is 0. The fraction of sp³-hybridized carbons (Fsp3) is 0.435. The van der Waals surface area contributed by atoms with Gasteiger partial charge in [-0.1, -0.05) is 12.1 Å². The Morgan fingerprint density at radius 2 is 1.90 bits per heavy atom. The molecule has 2 aromatic rings. The number of urea groups is 1.